The van der Waals surface area contributed by atoms with E-state index in [1.165, 1.54) is 74.7 Å². The fourth-order valence-electron chi connectivity index (χ4n) is 3.10. The van der Waals surface area contributed by atoms with E-state index in [1.54, 1.807) is 24.3 Å². The molecule has 0 aromatic heterocycles. The third kappa shape index (κ3) is 6.12. The summed E-state index contributed by atoms with van der Waals surface area (Å²) in [4.78, 5) is 48.9. The van der Waals surface area contributed by atoms with Gasteiger partial charge in [-0.25, -0.2) is 0 Å². The van der Waals surface area contributed by atoms with Crippen LogP contribution in [0.4, 0.5) is 0 Å². The highest BCUT2D eigenvalue weighted by molar-refractivity contribution is 8.25. The van der Waals surface area contributed by atoms with E-state index in [0.717, 1.165) is 8.47 Å². The number of hydrogen-bond acceptors (Lipinski definition) is 12. The second-order valence-corrected chi connectivity index (χ2v) is 11.9. The van der Waals surface area contributed by atoms with Gasteiger partial charge in [0.05, 0.1) is 28.1 Å². The fourth-order valence-corrected chi connectivity index (χ4v) is 7.89. The van der Waals surface area contributed by atoms with Crippen molar-refractivity contribution >= 4 is 70.9 Å². The Morgan fingerprint density at radius 1 is 0.500 bits per heavy atom. The normalized spacial score (nSPS) is 13.4. The number of carbonyl (C=O) groups is 4. The van der Waals surface area contributed by atoms with E-state index in [4.69, 9.17) is 18.9 Å². The Labute approximate surface area is 223 Å². The van der Waals surface area contributed by atoms with Crippen LogP contribution in [-0.2, 0) is 19.2 Å². The van der Waals surface area contributed by atoms with E-state index >= 15 is 0 Å². The fraction of sp³-hybridized carbons (Fsp3) is 0.167. The van der Waals surface area contributed by atoms with E-state index in [1.807, 2.05) is 12.2 Å². The predicted octanol–water partition coefficient (Wildman–Crippen LogP) is 6.17. The quantitative estimate of drug-likeness (QED) is 0.307. The van der Waals surface area contributed by atoms with E-state index < -0.39 is 23.9 Å². The molecule has 2 aromatic rings. The number of esters is 4. The molecule has 8 nitrogen and oxygen atoms in total. The maximum Gasteiger partial charge on any atom is 0.308 e. The first kappa shape index (κ1) is 26.3. The summed E-state index contributed by atoms with van der Waals surface area (Å²) in [6.45, 7) is 5.28. The summed E-state index contributed by atoms with van der Waals surface area (Å²) in [6.07, 6.45) is 3.78. The van der Waals surface area contributed by atoms with Gasteiger partial charge in [0.2, 0.25) is 0 Å². The molecule has 0 amide bonds. The van der Waals surface area contributed by atoms with Gasteiger partial charge in [0.15, 0.2) is 0 Å². The lowest BCUT2D eigenvalue weighted by Gasteiger charge is -2.09. The van der Waals surface area contributed by atoms with Crippen molar-refractivity contribution in [1.29, 1.82) is 0 Å². The molecule has 0 radical (unpaired) electrons. The molecule has 12 heteroatoms. The molecule has 0 saturated carbocycles. The number of thioether (sulfide) groups is 4. The van der Waals surface area contributed by atoms with Crippen LogP contribution in [0.1, 0.15) is 27.7 Å². The van der Waals surface area contributed by atoms with Gasteiger partial charge < -0.3 is 18.9 Å². The second-order valence-electron chi connectivity index (χ2n) is 7.19. The summed E-state index contributed by atoms with van der Waals surface area (Å²) in [6, 6.07) is 6.39. The zero-order chi connectivity index (χ0) is 26.0. The number of fused-ring (bicyclic) bond motifs is 2. The first-order valence-electron chi connectivity index (χ1n) is 10.3. The van der Waals surface area contributed by atoms with Crippen LogP contribution in [0, 0.1) is 0 Å². The molecule has 4 rings (SSSR count). The molecule has 0 atom stereocenters. The lowest BCUT2D eigenvalue weighted by molar-refractivity contribution is -0.133. The van der Waals surface area contributed by atoms with Crippen LogP contribution in [0.5, 0.6) is 23.0 Å². The van der Waals surface area contributed by atoms with Crippen LogP contribution >= 0.6 is 47.0 Å². The highest BCUT2D eigenvalue weighted by Crippen LogP contribution is 2.60. The largest absolute Gasteiger partial charge is 0.425 e. The molecule has 2 aliphatic rings. The van der Waals surface area contributed by atoms with Crippen LogP contribution in [-0.4, -0.2) is 23.9 Å². The van der Waals surface area contributed by atoms with Gasteiger partial charge in [-0.2, -0.15) is 0 Å². The van der Waals surface area contributed by atoms with E-state index in [0.29, 0.717) is 42.6 Å². The molecule has 2 aliphatic heterocycles. The van der Waals surface area contributed by atoms with Gasteiger partial charge in [0, 0.05) is 27.7 Å². The van der Waals surface area contributed by atoms with Crippen molar-refractivity contribution in [3.05, 3.63) is 44.9 Å². The predicted molar refractivity (Wildman–Crippen MR) is 138 cm³/mol. The highest BCUT2D eigenvalue weighted by Gasteiger charge is 2.29. The van der Waals surface area contributed by atoms with Gasteiger partial charge in [-0.1, -0.05) is 47.0 Å². The van der Waals surface area contributed by atoms with E-state index in [-0.39, 0.29) is 0 Å². The van der Waals surface area contributed by atoms with Gasteiger partial charge in [0.1, 0.15) is 23.0 Å². The molecule has 0 unspecified atom stereocenters. The summed E-state index contributed by atoms with van der Waals surface area (Å²) in [5.74, 6) is -0.269. The van der Waals surface area contributed by atoms with Gasteiger partial charge >= 0.3 is 23.9 Å². The summed E-state index contributed by atoms with van der Waals surface area (Å²) >= 11 is 5.56. The Morgan fingerprint density at radius 2 is 0.722 bits per heavy atom. The molecule has 186 valence electrons. The molecule has 0 N–H and O–H groups in total. The van der Waals surface area contributed by atoms with Gasteiger partial charge in [-0.15, -0.1) is 0 Å². The van der Waals surface area contributed by atoms with Crippen molar-refractivity contribution in [3.8, 4) is 23.0 Å². The lowest BCUT2D eigenvalue weighted by atomic mass is 10.3. The van der Waals surface area contributed by atoms with Crippen LogP contribution in [0.15, 0.2) is 64.5 Å². The van der Waals surface area contributed by atoms with Crippen LogP contribution < -0.4 is 18.9 Å². The Bertz CT molecular complexity index is 1160. The summed E-state index contributed by atoms with van der Waals surface area (Å²) < 4.78 is 23.0. The Hall–Kier alpha value is -2.80. The zero-order valence-electron chi connectivity index (χ0n) is 19.4. The van der Waals surface area contributed by atoms with Crippen LogP contribution in [0.3, 0.4) is 0 Å². The average molecular weight is 563 g/mol. The monoisotopic (exact) mass is 562 g/mol. The smallest absolute Gasteiger partial charge is 0.308 e. The van der Waals surface area contributed by atoms with Gasteiger partial charge in [-0.3, -0.25) is 19.2 Å². The first-order chi connectivity index (χ1) is 17.1. The van der Waals surface area contributed by atoms with E-state index in [2.05, 4.69) is 0 Å². The number of ether oxygens (including phenoxy) is 4. The third-order valence-corrected chi connectivity index (χ3v) is 9.31. The van der Waals surface area contributed by atoms with Crippen molar-refractivity contribution in [3.63, 3.8) is 0 Å². The minimum atomic E-state index is -0.453. The molecular weight excluding hydrogens is 545 g/mol. The Kier molecular flexibility index (Phi) is 8.08. The highest BCUT2D eigenvalue weighted by atomic mass is 32.2. The SMILES string of the molecule is CC(=O)Oc1ccc(OC(C)=O)c2c1SC(=CC=C1Sc3c(OC(C)=O)ccc(OC(C)=O)c3S1)S2. The van der Waals surface area contributed by atoms with Crippen LogP contribution in [0.2, 0.25) is 0 Å². The van der Waals surface area contributed by atoms with Crippen molar-refractivity contribution in [2.24, 2.45) is 0 Å². The summed E-state index contributed by atoms with van der Waals surface area (Å²) in [5, 5.41) is 0. The summed E-state index contributed by atoms with van der Waals surface area (Å²) in [5.41, 5.74) is 0. The molecule has 2 aromatic carbocycles. The topological polar surface area (TPSA) is 105 Å². The number of hydrogen-bond donors (Lipinski definition) is 0. The van der Waals surface area contributed by atoms with Crippen molar-refractivity contribution in [2.45, 2.75) is 47.3 Å². The molecule has 0 fully saturated rings. The standard InChI is InChI=1S/C24H18O8S4/c1-11(25)29-15-5-6-16(30-12(2)26)22-21(15)33-19(34-22)9-10-20-35-23-17(31-13(3)27)7-8-18(24(23)36-20)32-14(4)28/h5-10H,1-4H3. The van der Waals surface area contributed by atoms with Gasteiger partial charge in [-0.05, 0) is 36.4 Å². The molecule has 2 heterocycles. The van der Waals surface area contributed by atoms with Crippen molar-refractivity contribution in [2.75, 3.05) is 0 Å². The Balaban J connectivity index is 1.62. The molecule has 0 bridgehead atoms. The molecule has 36 heavy (non-hydrogen) atoms. The molecular formula is C24H18O8S4. The van der Waals surface area contributed by atoms with Gasteiger partial charge in [0.25, 0.3) is 0 Å². The minimum Gasteiger partial charge on any atom is -0.425 e. The molecule has 0 spiro atoms. The number of carbonyl (C=O) groups excluding carboxylic acids is 4. The van der Waals surface area contributed by atoms with E-state index in [9.17, 15) is 19.2 Å². The lowest BCUT2D eigenvalue weighted by Crippen LogP contribution is -2.05. The van der Waals surface area contributed by atoms with Crippen molar-refractivity contribution in [1.82, 2.24) is 0 Å². The van der Waals surface area contributed by atoms with Crippen LogP contribution in [0.25, 0.3) is 0 Å². The number of rotatable bonds is 5. The number of benzene rings is 2. The molecule has 0 aliphatic carbocycles. The first-order valence-corrected chi connectivity index (χ1v) is 13.6. The summed E-state index contributed by atoms with van der Waals surface area (Å²) in [7, 11) is 0. The Morgan fingerprint density at radius 3 is 0.917 bits per heavy atom. The maximum atomic E-state index is 11.5. The average Bonchev–Trinajstić information content (AvgIpc) is 3.40. The second kappa shape index (κ2) is 11.1. The minimum absolute atomic E-state index is 0.385. The maximum absolute atomic E-state index is 11.5. The number of allylic oxidation sites excluding steroid dienone is 2. The molecule has 0 saturated heterocycles. The third-order valence-electron chi connectivity index (χ3n) is 4.26. The zero-order valence-corrected chi connectivity index (χ0v) is 22.6. The van der Waals surface area contributed by atoms with Crippen molar-refractivity contribution < 1.29 is 38.1 Å².